The number of fused-ring (bicyclic) bond motifs is 1. The third kappa shape index (κ3) is 2.60. The summed E-state index contributed by atoms with van der Waals surface area (Å²) in [4.78, 5) is 16.0. The first kappa shape index (κ1) is 12.9. The lowest BCUT2D eigenvalue weighted by molar-refractivity contribution is -0.133. The number of nitrogens with zero attached hydrogens (tertiary/aromatic N) is 1. The average molecular weight is 276 g/mol. The van der Waals surface area contributed by atoms with Crippen molar-refractivity contribution < 1.29 is 4.79 Å². The quantitative estimate of drug-likeness (QED) is 0.661. The zero-order valence-electron chi connectivity index (χ0n) is 11.1. The molecule has 2 aliphatic rings. The van der Waals surface area contributed by atoms with E-state index in [0.29, 0.717) is 25.0 Å². The standard InChI is InChI=1S/C15H20N2OS/c1-2-7-16-10-14(18)17-8-5-13-12(6-9-19-13)15(17)11-3-4-11/h2,6,9,11,15-16H,1,3-5,7-8,10H2. The summed E-state index contributed by atoms with van der Waals surface area (Å²) in [6, 6.07) is 2.56. The largest absolute Gasteiger partial charge is 0.334 e. The number of nitrogens with one attached hydrogen (secondary N) is 1. The molecule has 0 radical (unpaired) electrons. The molecule has 1 aromatic heterocycles. The topological polar surface area (TPSA) is 32.3 Å². The Balaban J connectivity index is 1.74. The fourth-order valence-electron chi connectivity index (χ4n) is 2.93. The van der Waals surface area contributed by atoms with E-state index >= 15 is 0 Å². The van der Waals surface area contributed by atoms with Crippen molar-refractivity contribution in [2.24, 2.45) is 5.92 Å². The van der Waals surface area contributed by atoms with E-state index in [1.807, 2.05) is 11.3 Å². The predicted octanol–water partition coefficient (Wildman–Crippen LogP) is 2.36. The number of hydrogen-bond acceptors (Lipinski definition) is 3. The van der Waals surface area contributed by atoms with Crippen LogP contribution in [0.2, 0.25) is 0 Å². The molecule has 1 fully saturated rings. The Labute approximate surface area is 118 Å². The highest BCUT2D eigenvalue weighted by Crippen LogP contribution is 2.48. The molecule has 0 bridgehead atoms. The minimum atomic E-state index is 0.232. The van der Waals surface area contributed by atoms with Crippen LogP contribution >= 0.6 is 11.3 Å². The van der Waals surface area contributed by atoms with Crippen molar-refractivity contribution in [2.75, 3.05) is 19.6 Å². The second kappa shape index (κ2) is 5.47. The number of carbonyl (C=O) groups excluding carboxylic acids is 1. The van der Waals surface area contributed by atoms with Gasteiger partial charge in [-0.2, -0.15) is 0 Å². The smallest absolute Gasteiger partial charge is 0.237 e. The lowest BCUT2D eigenvalue weighted by atomic mass is 9.96. The summed E-state index contributed by atoms with van der Waals surface area (Å²) < 4.78 is 0. The van der Waals surface area contributed by atoms with Gasteiger partial charge in [0, 0.05) is 18.0 Å². The van der Waals surface area contributed by atoms with Crippen molar-refractivity contribution in [1.82, 2.24) is 10.2 Å². The number of thiophene rings is 1. The molecule has 3 rings (SSSR count). The van der Waals surface area contributed by atoms with Crippen molar-refractivity contribution in [3.8, 4) is 0 Å². The molecular formula is C15H20N2OS. The minimum Gasteiger partial charge on any atom is -0.334 e. The maximum Gasteiger partial charge on any atom is 0.237 e. The third-order valence-corrected chi connectivity index (χ3v) is 4.96. The van der Waals surface area contributed by atoms with Gasteiger partial charge >= 0.3 is 0 Å². The van der Waals surface area contributed by atoms with E-state index in [4.69, 9.17) is 0 Å². The van der Waals surface area contributed by atoms with Gasteiger partial charge in [0.15, 0.2) is 0 Å². The summed E-state index contributed by atoms with van der Waals surface area (Å²) in [7, 11) is 0. The van der Waals surface area contributed by atoms with Gasteiger partial charge in [-0.05, 0) is 42.2 Å². The average Bonchev–Trinajstić information content (AvgIpc) is 3.14. The summed E-state index contributed by atoms with van der Waals surface area (Å²) in [5, 5.41) is 5.29. The Morgan fingerprint density at radius 1 is 1.58 bits per heavy atom. The molecule has 3 nitrogen and oxygen atoms in total. The molecule has 1 atom stereocenters. The summed E-state index contributed by atoms with van der Waals surface area (Å²) in [5.41, 5.74) is 1.41. The van der Waals surface area contributed by atoms with E-state index in [1.165, 1.54) is 23.3 Å². The highest BCUT2D eigenvalue weighted by Gasteiger charge is 2.41. The molecule has 19 heavy (non-hydrogen) atoms. The van der Waals surface area contributed by atoms with Crippen LogP contribution in [0.3, 0.4) is 0 Å². The van der Waals surface area contributed by atoms with Crippen LogP contribution < -0.4 is 5.32 Å². The van der Waals surface area contributed by atoms with E-state index in [0.717, 1.165) is 13.0 Å². The Bertz CT molecular complexity index is 478. The van der Waals surface area contributed by atoms with Crippen LogP contribution in [0.25, 0.3) is 0 Å². The zero-order chi connectivity index (χ0) is 13.2. The minimum absolute atomic E-state index is 0.232. The van der Waals surface area contributed by atoms with Gasteiger partial charge in [-0.1, -0.05) is 6.08 Å². The monoisotopic (exact) mass is 276 g/mol. The van der Waals surface area contributed by atoms with Crippen LogP contribution in [0.15, 0.2) is 24.1 Å². The molecule has 1 N–H and O–H groups in total. The van der Waals surface area contributed by atoms with Crippen LogP contribution in [0.4, 0.5) is 0 Å². The molecule has 0 aromatic carbocycles. The van der Waals surface area contributed by atoms with Crippen molar-refractivity contribution in [2.45, 2.75) is 25.3 Å². The Morgan fingerprint density at radius 3 is 3.16 bits per heavy atom. The first-order chi connectivity index (χ1) is 9.31. The number of rotatable bonds is 5. The van der Waals surface area contributed by atoms with Crippen LogP contribution in [-0.2, 0) is 11.2 Å². The SMILES string of the molecule is C=CCNCC(=O)N1CCc2sccc2C1C1CC1. The maximum absolute atomic E-state index is 12.4. The number of amides is 1. The molecule has 1 aliphatic carbocycles. The molecule has 0 saturated heterocycles. The fourth-order valence-corrected chi connectivity index (χ4v) is 3.84. The Morgan fingerprint density at radius 2 is 2.42 bits per heavy atom. The third-order valence-electron chi connectivity index (χ3n) is 3.97. The van der Waals surface area contributed by atoms with Gasteiger partial charge in [0.05, 0.1) is 12.6 Å². The molecule has 1 aromatic rings. The molecule has 102 valence electrons. The van der Waals surface area contributed by atoms with Crippen LogP contribution in [0.5, 0.6) is 0 Å². The molecular weight excluding hydrogens is 256 g/mol. The van der Waals surface area contributed by atoms with E-state index in [-0.39, 0.29) is 5.91 Å². The summed E-state index contributed by atoms with van der Waals surface area (Å²) in [6.45, 7) is 5.66. The van der Waals surface area contributed by atoms with Crippen molar-refractivity contribution in [1.29, 1.82) is 0 Å². The lowest BCUT2D eigenvalue weighted by Crippen LogP contribution is -2.44. The lowest BCUT2D eigenvalue weighted by Gasteiger charge is -2.36. The van der Waals surface area contributed by atoms with E-state index in [2.05, 4.69) is 28.2 Å². The second-order valence-electron chi connectivity index (χ2n) is 5.34. The normalized spacial score (nSPS) is 22.1. The number of hydrogen-bond donors (Lipinski definition) is 1. The predicted molar refractivity (Wildman–Crippen MR) is 78.3 cm³/mol. The first-order valence-electron chi connectivity index (χ1n) is 6.98. The van der Waals surface area contributed by atoms with Crippen LogP contribution in [0, 0.1) is 5.92 Å². The molecule has 1 unspecified atom stereocenters. The molecule has 1 aliphatic heterocycles. The van der Waals surface area contributed by atoms with E-state index in [9.17, 15) is 4.79 Å². The zero-order valence-corrected chi connectivity index (χ0v) is 11.9. The summed E-state index contributed by atoms with van der Waals surface area (Å²) >= 11 is 1.84. The highest BCUT2D eigenvalue weighted by molar-refractivity contribution is 7.10. The van der Waals surface area contributed by atoms with Crippen LogP contribution in [-0.4, -0.2) is 30.4 Å². The molecule has 0 spiro atoms. The molecule has 1 saturated carbocycles. The van der Waals surface area contributed by atoms with Gasteiger partial charge in [-0.3, -0.25) is 4.79 Å². The number of carbonyl (C=O) groups is 1. The maximum atomic E-state index is 12.4. The van der Waals surface area contributed by atoms with Gasteiger partial charge in [-0.25, -0.2) is 0 Å². The Hall–Kier alpha value is -1.13. The molecule has 2 heterocycles. The first-order valence-corrected chi connectivity index (χ1v) is 7.86. The van der Waals surface area contributed by atoms with Gasteiger partial charge in [0.1, 0.15) is 0 Å². The highest BCUT2D eigenvalue weighted by atomic mass is 32.1. The van der Waals surface area contributed by atoms with Crippen molar-refractivity contribution in [3.05, 3.63) is 34.5 Å². The van der Waals surface area contributed by atoms with Crippen molar-refractivity contribution >= 4 is 17.2 Å². The van der Waals surface area contributed by atoms with Gasteiger partial charge < -0.3 is 10.2 Å². The van der Waals surface area contributed by atoms with Crippen LogP contribution in [0.1, 0.15) is 29.3 Å². The fraction of sp³-hybridized carbons (Fsp3) is 0.533. The van der Waals surface area contributed by atoms with Crippen molar-refractivity contribution in [3.63, 3.8) is 0 Å². The van der Waals surface area contributed by atoms with E-state index in [1.54, 1.807) is 6.08 Å². The summed E-state index contributed by atoms with van der Waals surface area (Å²) in [6.07, 6.45) is 5.34. The van der Waals surface area contributed by atoms with E-state index < -0.39 is 0 Å². The molecule has 1 amide bonds. The van der Waals surface area contributed by atoms with Gasteiger partial charge in [-0.15, -0.1) is 17.9 Å². The molecule has 4 heteroatoms. The van der Waals surface area contributed by atoms with Gasteiger partial charge in [0.2, 0.25) is 5.91 Å². The summed E-state index contributed by atoms with van der Waals surface area (Å²) in [5.74, 6) is 0.924. The Kier molecular flexibility index (Phi) is 3.71. The second-order valence-corrected chi connectivity index (χ2v) is 6.34. The van der Waals surface area contributed by atoms with Gasteiger partial charge in [0.25, 0.3) is 0 Å².